The zero-order valence-electron chi connectivity index (χ0n) is 17.3. The maximum absolute atomic E-state index is 12.7. The topological polar surface area (TPSA) is 68.7 Å². The van der Waals surface area contributed by atoms with Crippen LogP contribution < -0.4 is 4.74 Å². The molecule has 9 heteroatoms. The van der Waals surface area contributed by atoms with Crippen molar-refractivity contribution in [3.63, 3.8) is 0 Å². The Kier molecular flexibility index (Phi) is 6.55. The Morgan fingerprint density at radius 2 is 1.87 bits per heavy atom. The highest BCUT2D eigenvalue weighted by Crippen LogP contribution is 2.29. The molecule has 8 nitrogen and oxygen atoms in total. The number of hydrazone groups is 1. The molecule has 0 atom stereocenters. The molecule has 0 N–H and O–H groups in total. The van der Waals surface area contributed by atoms with Crippen LogP contribution in [0.15, 0.2) is 23.3 Å². The number of ether oxygens (including phenoxy) is 1. The number of hydrogen-bond donors (Lipinski definition) is 0. The molecule has 1 aromatic carbocycles. The third-order valence-electron chi connectivity index (χ3n) is 5.83. The van der Waals surface area contributed by atoms with Gasteiger partial charge in [0.15, 0.2) is 0 Å². The Morgan fingerprint density at radius 1 is 1.10 bits per heavy atom. The molecule has 0 aliphatic carbocycles. The summed E-state index contributed by atoms with van der Waals surface area (Å²) in [6.07, 6.45) is 2.36. The van der Waals surface area contributed by atoms with Crippen molar-refractivity contribution in [2.75, 3.05) is 59.5 Å². The molecular formula is C21H28ClN5O3. The minimum atomic E-state index is -0.339. The summed E-state index contributed by atoms with van der Waals surface area (Å²) >= 11 is 6.03. The van der Waals surface area contributed by atoms with E-state index in [2.05, 4.69) is 21.9 Å². The molecule has 3 aliphatic rings. The van der Waals surface area contributed by atoms with Gasteiger partial charge in [-0.05, 0) is 44.6 Å². The van der Waals surface area contributed by atoms with Crippen molar-refractivity contribution >= 4 is 29.3 Å². The number of halogens is 1. The summed E-state index contributed by atoms with van der Waals surface area (Å²) in [7, 11) is 2.14. The maximum Gasteiger partial charge on any atom is 0.347 e. The van der Waals surface area contributed by atoms with Gasteiger partial charge in [-0.15, -0.1) is 0 Å². The van der Waals surface area contributed by atoms with Crippen molar-refractivity contribution in [3.05, 3.63) is 28.8 Å². The average Bonchev–Trinajstić information content (AvgIpc) is 2.99. The van der Waals surface area contributed by atoms with Gasteiger partial charge in [-0.2, -0.15) is 5.10 Å². The first-order chi connectivity index (χ1) is 14.5. The van der Waals surface area contributed by atoms with Crippen LogP contribution in [-0.4, -0.2) is 96.8 Å². The van der Waals surface area contributed by atoms with Crippen molar-refractivity contribution in [1.29, 1.82) is 0 Å². The largest absolute Gasteiger partial charge is 0.492 e. The van der Waals surface area contributed by atoms with Gasteiger partial charge in [-0.25, -0.2) is 9.80 Å². The lowest BCUT2D eigenvalue weighted by Gasteiger charge is -2.32. The van der Waals surface area contributed by atoms with Crippen LogP contribution >= 0.6 is 11.6 Å². The van der Waals surface area contributed by atoms with Gasteiger partial charge in [0.25, 0.3) is 5.91 Å². The standard InChI is InChI=1S/C21H28ClN5O3/c1-24-9-11-25(12-10-24)7-2-3-8-26-20(28)15-27(21(26)29)23-18-6-13-30-19-14-16(22)4-5-17(18)19/h4-5,14H,2-3,6-13,15H2,1H3/b23-18+. The van der Waals surface area contributed by atoms with Crippen LogP contribution in [0, 0.1) is 0 Å². The predicted octanol–water partition coefficient (Wildman–Crippen LogP) is 2.12. The number of piperazine rings is 1. The highest BCUT2D eigenvalue weighted by atomic mass is 35.5. The second-order valence-electron chi connectivity index (χ2n) is 8.02. The molecule has 0 unspecified atom stereocenters. The summed E-state index contributed by atoms with van der Waals surface area (Å²) in [5.74, 6) is 0.471. The second kappa shape index (κ2) is 9.32. The molecule has 2 saturated heterocycles. The number of hydrogen-bond acceptors (Lipinski definition) is 6. The first-order valence-electron chi connectivity index (χ1n) is 10.5. The molecule has 0 radical (unpaired) electrons. The van der Waals surface area contributed by atoms with Gasteiger partial charge < -0.3 is 14.5 Å². The van der Waals surface area contributed by atoms with E-state index in [-0.39, 0.29) is 18.5 Å². The fourth-order valence-electron chi connectivity index (χ4n) is 4.00. The fourth-order valence-corrected chi connectivity index (χ4v) is 4.16. The Morgan fingerprint density at radius 3 is 2.67 bits per heavy atom. The van der Waals surface area contributed by atoms with Crippen molar-refractivity contribution in [2.45, 2.75) is 19.3 Å². The molecule has 3 amide bonds. The SMILES string of the molecule is CN1CCN(CCCCN2C(=O)CN(/N=C3\CCOc4cc(Cl)ccc43)C2=O)CC1. The number of carbonyl (C=O) groups is 2. The second-order valence-corrected chi connectivity index (χ2v) is 8.46. The van der Waals surface area contributed by atoms with Crippen LogP contribution in [0.25, 0.3) is 0 Å². The van der Waals surface area contributed by atoms with Crippen LogP contribution in [0.5, 0.6) is 5.75 Å². The number of carbonyl (C=O) groups excluding carboxylic acids is 2. The Labute approximate surface area is 182 Å². The zero-order chi connectivity index (χ0) is 21.1. The summed E-state index contributed by atoms with van der Waals surface area (Å²) < 4.78 is 5.64. The number of rotatable bonds is 6. The maximum atomic E-state index is 12.7. The third kappa shape index (κ3) is 4.77. The van der Waals surface area contributed by atoms with Crippen molar-refractivity contribution < 1.29 is 14.3 Å². The highest BCUT2D eigenvalue weighted by Gasteiger charge is 2.36. The van der Waals surface area contributed by atoms with E-state index in [9.17, 15) is 9.59 Å². The van der Waals surface area contributed by atoms with Crippen molar-refractivity contribution in [1.82, 2.24) is 19.7 Å². The smallest absolute Gasteiger partial charge is 0.347 e. The summed E-state index contributed by atoms with van der Waals surface area (Å²) in [6.45, 7) is 6.28. The van der Waals surface area contributed by atoms with Gasteiger partial charge in [-0.3, -0.25) is 9.69 Å². The average molecular weight is 434 g/mol. The molecule has 0 spiro atoms. The molecular weight excluding hydrogens is 406 g/mol. The summed E-state index contributed by atoms with van der Waals surface area (Å²) in [4.78, 5) is 31.2. The van der Waals surface area contributed by atoms with E-state index in [1.54, 1.807) is 12.1 Å². The van der Waals surface area contributed by atoms with E-state index < -0.39 is 0 Å². The lowest BCUT2D eigenvalue weighted by Crippen LogP contribution is -2.44. The first kappa shape index (κ1) is 21.1. The normalized spacial score (nSPS) is 22.0. The van der Waals surface area contributed by atoms with Gasteiger partial charge in [0, 0.05) is 49.7 Å². The fraction of sp³-hybridized carbons (Fsp3) is 0.571. The molecule has 1 aromatic rings. The molecule has 3 heterocycles. The van der Waals surface area contributed by atoms with E-state index in [0.717, 1.165) is 56.8 Å². The number of benzene rings is 1. The lowest BCUT2D eigenvalue weighted by molar-refractivity contribution is -0.125. The van der Waals surface area contributed by atoms with Gasteiger partial charge in [0.05, 0.1) is 12.3 Å². The molecule has 2 fully saturated rings. The van der Waals surface area contributed by atoms with Crippen molar-refractivity contribution in [2.24, 2.45) is 5.10 Å². The Bertz CT molecular complexity index is 838. The van der Waals surface area contributed by atoms with Crippen LogP contribution in [0.4, 0.5) is 4.79 Å². The molecule has 0 bridgehead atoms. The lowest BCUT2D eigenvalue weighted by atomic mass is 10.0. The van der Waals surface area contributed by atoms with Gasteiger partial charge in [0.1, 0.15) is 12.3 Å². The summed E-state index contributed by atoms with van der Waals surface area (Å²) in [6, 6.07) is 5.02. The van der Waals surface area contributed by atoms with Gasteiger partial charge in [0.2, 0.25) is 0 Å². The van der Waals surface area contributed by atoms with E-state index in [1.807, 2.05) is 6.07 Å². The van der Waals surface area contributed by atoms with Crippen LogP contribution in [0.3, 0.4) is 0 Å². The molecule has 30 heavy (non-hydrogen) atoms. The molecule has 162 valence electrons. The van der Waals surface area contributed by atoms with Gasteiger partial charge >= 0.3 is 6.03 Å². The van der Waals surface area contributed by atoms with Crippen LogP contribution in [-0.2, 0) is 4.79 Å². The minimum absolute atomic E-state index is 0.00935. The number of nitrogens with zero attached hydrogens (tertiary/aromatic N) is 5. The molecule has 4 rings (SSSR count). The van der Waals surface area contributed by atoms with Crippen molar-refractivity contribution in [3.8, 4) is 5.75 Å². The Hall–Kier alpha value is -2.16. The summed E-state index contributed by atoms with van der Waals surface area (Å²) in [5.41, 5.74) is 1.56. The Balaban J connectivity index is 1.32. The number of urea groups is 1. The minimum Gasteiger partial charge on any atom is -0.492 e. The number of amides is 3. The van der Waals surface area contributed by atoms with E-state index >= 15 is 0 Å². The monoisotopic (exact) mass is 433 g/mol. The molecule has 3 aliphatic heterocycles. The zero-order valence-corrected chi connectivity index (χ0v) is 18.1. The van der Waals surface area contributed by atoms with Crippen LogP contribution in [0.1, 0.15) is 24.8 Å². The predicted molar refractivity (Wildman–Crippen MR) is 115 cm³/mol. The highest BCUT2D eigenvalue weighted by molar-refractivity contribution is 6.31. The number of fused-ring (bicyclic) bond motifs is 1. The molecule has 0 aromatic heterocycles. The number of likely N-dealkylation sites (N-methyl/N-ethyl adjacent to an activating group) is 1. The van der Waals surface area contributed by atoms with E-state index in [4.69, 9.17) is 16.3 Å². The van der Waals surface area contributed by atoms with Gasteiger partial charge in [-0.1, -0.05) is 11.6 Å². The molecule has 0 saturated carbocycles. The number of imide groups is 1. The van der Waals surface area contributed by atoms with Crippen LogP contribution in [0.2, 0.25) is 5.02 Å². The third-order valence-corrected chi connectivity index (χ3v) is 6.07. The summed E-state index contributed by atoms with van der Waals surface area (Å²) in [5, 5.41) is 6.37. The van der Waals surface area contributed by atoms with E-state index in [1.165, 1.54) is 9.91 Å². The quantitative estimate of drug-likeness (QED) is 0.507. The first-order valence-corrected chi connectivity index (χ1v) is 10.9. The van der Waals surface area contributed by atoms with E-state index in [0.29, 0.717) is 30.3 Å². The number of unbranched alkanes of at least 4 members (excludes halogenated alkanes) is 1.